The van der Waals surface area contributed by atoms with Gasteiger partial charge >= 0.3 is 5.97 Å². The van der Waals surface area contributed by atoms with Crippen LogP contribution in [0.1, 0.15) is 12.6 Å². The molecule has 0 radical (unpaired) electrons. The lowest BCUT2D eigenvalue weighted by atomic mass is 10.1. The SMILES string of the molecule is CC1=NOC(=O)/C1=C\c1cccn1-c1ccc(S(=O)(=O)Nc2nccs2)cc1. The van der Waals surface area contributed by atoms with Gasteiger partial charge in [-0.2, -0.15) is 0 Å². The van der Waals surface area contributed by atoms with Crippen LogP contribution in [0.15, 0.2) is 69.8 Å². The second kappa shape index (κ2) is 7.06. The summed E-state index contributed by atoms with van der Waals surface area (Å²) in [7, 11) is -3.71. The summed E-state index contributed by atoms with van der Waals surface area (Å²) in [5, 5.41) is 5.66. The molecule has 28 heavy (non-hydrogen) atoms. The average molecular weight is 414 g/mol. The van der Waals surface area contributed by atoms with E-state index >= 15 is 0 Å². The maximum atomic E-state index is 12.4. The molecular weight excluding hydrogens is 400 g/mol. The molecule has 0 saturated carbocycles. The molecule has 0 spiro atoms. The van der Waals surface area contributed by atoms with E-state index in [0.29, 0.717) is 16.4 Å². The van der Waals surface area contributed by atoms with E-state index in [0.717, 1.165) is 11.4 Å². The van der Waals surface area contributed by atoms with Crippen molar-refractivity contribution in [1.29, 1.82) is 0 Å². The lowest BCUT2D eigenvalue weighted by Crippen LogP contribution is -2.12. The normalized spacial score (nSPS) is 15.5. The summed E-state index contributed by atoms with van der Waals surface area (Å²) >= 11 is 1.20. The fraction of sp³-hybridized carbons (Fsp3) is 0.0556. The van der Waals surface area contributed by atoms with E-state index in [1.165, 1.54) is 29.7 Å². The van der Waals surface area contributed by atoms with Crippen molar-refractivity contribution in [2.45, 2.75) is 11.8 Å². The van der Waals surface area contributed by atoms with Gasteiger partial charge in [0.2, 0.25) is 0 Å². The minimum absolute atomic E-state index is 0.126. The highest BCUT2D eigenvalue weighted by Gasteiger charge is 2.22. The fourth-order valence-electron chi connectivity index (χ4n) is 2.65. The zero-order chi connectivity index (χ0) is 19.7. The van der Waals surface area contributed by atoms with E-state index in [1.54, 1.807) is 30.5 Å². The number of aromatic nitrogens is 2. The molecule has 3 heterocycles. The van der Waals surface area contributed by atoms with Crippen molar-refractivity contribution in [3.05, 3.63) is 65.4 Å². The van der Waals surface area contributed by atoms with Crippen LogP contribution < -0.4 is 4.72 Å². The van der Waals surface area contributed by atoms with Gasteiger partial charge in [-0.05, 0) is 49.4 Å². The van der Waals surface area contributed by atoms with Crippen LogP contribution in [0.2, 0.25) is 0 Å². The maximum absolute atomic E-state index is 12.4. The number of anilines is 1. The lowest BCUT2D eigenvalue weighted by Gasteiger charge is -2.09. The molecule has 0 unspecified atom stereocenters. The molecule has 10 heteroatoms. The van der Waals surface area contributed by atoms with Crippen molar-refractivity contribution in [2.75, 3.05) is 4.72 Å². The predicted octanol–water partition coefficient (Wildman–Crippen LogP) is 3.05. The van der Waals surface area contributed by atoms with E-state index in [2.05, 4.69) is 19.7 Å². The summed E-state index contributed by atoms with van der Waals surface area (Å²) in [5.74, 6) is -0.500. The first-order chi connectivity index (χ1) is 13.4. The van der Waals surface area contributed by atoms with E-state index in [-0.39, 0.29) is 4.90 Å². The molecule has 142 valence electrons. The topological polar surface area (TPSA) is 103 Å². The fourth-order valence-corrected chi connectivity index (χ4v) is 4.44. The molecule has 0 aliphatic carbocycles. The molecule has 1 aliphatic rings. The van der Waals surface area contributed by atoms with Crippen molar-refractivity contribution in [3.8, 4) is 5.69 Å². The van der Waals surface area contributed by atoms with Gasteiger partial charge in [-0.25, -0.2) is 18.2 Å². The third-order valence-corrected chi connectivity index (χ3v) is 6.20. The van der Waals surface area contributed by atoms with Gasteiger partial charge in [0, 0.05) is 29.2 Å². The quantitative estimate of drug-likeness (QED) is 0.511. The Morgan fingerprint density at radius 3 is 2.64 bits per heavy atom. The van der Waals surface area contributed by atoms with Crippen LogP contribution in [-0.2, 0) is 19.7 Å². The molecule has 2 aromatic heterocycles. The standard InChI is InChI=1S/C18H14N4O4S2/c1-12-16(17(23)26-20-12)11-14-3-2-9-22(14)13-4-6-15(7-5-13)28(24,25)21-18-19-8-10-27-18/h2-11H,1H3,(H,19,21)/b16-11-. The van der Waals surface area contributed by atoms with E-state index < -0.39 is 16.0 Å². The number of carbonyl (C=O) groups is 1. The summed E-state index contributed by atoms with van der Waals surface area (Å²) in [6, 6.07) is 10.1. The highest BCUT2D eigenvalue weighted by Crippen LogP contribution is 2.22. The number of benzene rings is 1. The number of rotatable bonds is 5. The Balaban J connectivity index is 1.62. The molecule has 1 aliphatic heterocycles. The molecule has 0 bridgehead atoms. The van der Waals surface area contributed by atoms with Gasteiger partial charge < -0.3 is 9.40 Å². The van der Waals surface area contributed by atoms with Crippen LogP contribution >= 0.6 is 11.3 Å². The summed E-state index contributed by atoms with van der Waals surface area (Å²) in [5.41, 5.74) is 2.37. The molecule has 1 aromatic carbocycles. The second-order valence-corrected chi connectivity index (χ2v) is 8.43. The van der Waals surface area contributed by atoms with Gasteiger partial charge in [-0.15, -0.1) is 11.3 Å². The monoisotopic (exact) mass is 414 g/mol. The van der Waals surface area contributed by atoms with E-state index in [9.17, 15) is 13.2 Å². The molecule has 4 rings (SSSR count). The van der Waals surface area contributed by atoms with Crippen LogP contribution in [0.4, 0.5) is 5.13 Å². The molecule has 0 saturated heterocycles. The average Bonchev–Trinajstić information content (AvgIpc) is 3.41. The molecule has 0 amide bonds. The van der Waals surface area contributed by atoms with Crippen LogP contribution in [0, 0.1) is 0 Å². The number of hydrogen-bond acceptors (Lipinski definition) is 7. The Morgan fingerprint density at radius 2 is 2.00 bits per heavy atom. The number of oxime groups is 1. The zero-order valence-electron chi connectivity index (χ0n) is 14.6. The molecule has 0 atom stereocenters. The van der Waals surface area contributed by atoms with E-state index in [1.807, 2.05) is 22.9 Å². The van der Waals surface area contributed by atoms with Crippen molar-refractivity contribution in [1.82, 2.24) is 9.55 Å². The van der Waals surface area contributed by atoms with Crippen LogP contribution in [0.25, 0.3) is 11.8 Å². The molecule has 3 aromatic rings. The Labute approximate surface area is 164 Å². The highest BCUT2D eigenvalue weighted by atomic mass is 32.2. The Bertz CT molecular complexity index is 1190. The van der Waals surface area contributed by atoms with Crippen molar-refractivity contribution in [3.63, 3.8) is 0 Å². The summed E-state index contributed by atoms with van der Waals surface area (Å²) < 4.78 is 29.1. The number of nitrogens with zero attached hydrogens (tertiary/aromatic N) is 3. The molecular formula is C18H14N4O4S2. The number of sulfonamides is 1. The third-order valence-electron chi connectivity index (χ3n) is 4.03. The smallest absolute Gasteiger partial charge is 0.317 e. The minimum Gasteiger partial charge on any atom is -0.317 e. The Hall–Kier alpha value is -3.24. The first-order valence-corrected chi connectivity index (χ1v) is 10.5. The van der Waals surface area contributed by atoms with Crippen molar-refractivity contribution in [2.24, 2.45) is 5.16 Å². The van der Waals surface area contributed by atoms with Gasteiger partial charge in [0.15, 0.2) is 5.13 Å². The van der Waals surface area contributed by atoms with Crippen LogP contribution in [-0.4, -0.2) is 29.6 Å². The summed E-state index contributed by atoms with van der Waals surface area (Å²) in [4.78, 5) is 20.5. The Kier molecular flexibility index (Phi) is 4.57. The van der Waals surface area contributed by atoms with Gasteiger partial charge in [-0.3, -0.25) is 4.72 Å². The second-order valence-electron chi connectivity index (χ2n) is 5.85. The number of thiazole rings is 1. The molecule has 0 fully saturated rings. The largest absolute Gasteiger partial charge is 0.367 e. The predicted molar refractivity (Wildman–Crippen MR) is 106 cm³/mol. The van der Waals surface area contributed by atoms with Gasteiger partial charge in [0.25, 0.3) is 10.0 Å². The molecule has 8 nitrogen and oxygen atoms in total. The summed E-state index contributed by atoms with van der Waals surface area (Å²) in [6.45, 7) is 1.69. The first kappa shape index (κ1) is 18.1. The maximum Gasteiger partial charge on any atom is 0.367 e. The van der Waals surface area contributed by atoms with Crippen molar-refractivity contribution >= 4 is 44.2 Å². The molecule has 1 N–H and O–H groups in total. The summed E-state index contributed by atoms with van der Waals surface area (Å²) in [6.07, 6.45) is 5.03. The Morgan fingerprint density at radius 1 is 1.21 bits per heavy atom. The van der Waals surface area contributed by atoms with Gasteiger partial charge in [0.05, 0.1) is 16.2 Å². The van der Waals surface area contributed by atoms with Crippen molar-refractivity contribution < 1.29 is 18.0 Å². The van der Waals surface area contributed by atoms with Gasteiger partial charge in [0.1, 0.15) is 0 Å². The number of hydrogen-bond donors (Lipinski definition) is 1. The lowest BCUT2D eigenvalue weighted by molar-refractivity contribution is -0.136. The van der Waals surface area contributed by atoms with Gasteiger partial charge in [-0.1, -0.05) is 5.16 Å². The highest BCUT2D eigenvalue weighted by molar-refractivity contribution is 7.93. The van der Waals surface area contributed by atoms with Crippen LogP contribution in [0.3, 0.4) is 0 Å². The zero-order valence-corrected chi connectivity index (χ0v) is 16.2. The first-order valence-electron chi connectivity index (χ1n) is 8.12. The minimum atomic E-state index is -3.71. The van der Waals surface area contributed by atoms with Crippen LogP contribution in [0.5, 0.6) is 0 Å². The van der Waals surface area contributed by atoms with E-state index in [4.69, 9.17) is 0 Å². The number of carbonyl (C=O) groups excluding carboxylic acids is 1. The number of nitrogens with one attached hydrogen (secondary N) is 1. The third kappa shape index (κ3) is 3.47.